The smallest absolute Gasteiger partial charge is 0.192 e. The van der Waals surface area contributed by atoms with E-state index in [1.165, 1.54) is 0 Å². The zero-order chi connectivity index (χ0) is 58.1. The normalized spacial score (nSPS) is 51.2. The third kappa shape index (κ3) is 7.30. The molecule has 7 saturated carbocycles. The highest BCUT2D eigenvalue weighted by Crippen LogP contribution is 2.75. The van der Waals surface area contributed by atoms with E-state index in [9.17, 15) is 50.1 Å². The number of rotatable bonds is 3. The molecule has 0 aromatic heterocycles. The van der Waals surface area contributed by atoms with Crippen molar-refractivity contribution in [1.82, 2.24) is 0 Å². The SMILES string of the molecule is CC1=C[C@@H]2C(=O)[C@]3(C=C(C)[C@H](O)[C@@]3(O)[C@@H]1O)CC[C@@H]1[C@H]2C1(C)C.CC1=C[C@]23C(=O)[C@@H]([C@H](O[Si](C)(C)C(C)(C)C)[C@H](C)[C@@H](C)[C@@H]2[C@H]1O)[C@H]1[C@@H](C[C@H]3C)C1(C)C.CCC1=C[C@@H]2C(=O)[C@]3(C=C(C)[C@H](O)[C@@]3(O)[C@@H]1O)CC[C@@H]1[C@H]2C1(C)C. The maximum atomic E-state index is 14.7. The van der Waals surface area contributed by atoms with Crippen LogP contribution in [-0.2, 0) is 18.8 Å². The molecule has 0 unspecified atom stereocenters. The third-order valence-corrected chi connectivity index (χ3v) is 30.7. The van der Waals surface area contributed by atoms with Gasteiger partial charge in [0.25, 0.3) is 0 Å². The quantitative estimate of drug-likeness (QED) is 0.105. The first-order valence-electron chi connectivity index (χ1n) is 30.3. The Labute approximate surface area is 468 Å². The van der Waals surface area contributed by atoms with Gasteiger partial charge >= 0.3 is 0 Å². The molecular weight excluding hydrogens is 997 g/mol. The molecule has 7 N–H and O–H groups in total. The molecule has 3 spiro atoms. The summed E-state index contributed by atoms with van der Waals surface area (Å²) < 4.78 is 7.18. The summed E-state index contributed by atoms with van der Waals surface area (Å²) in [6.45, 7) is 41.1. The van der Waals surface area contributed by atoms with Crippen LogP contribution in [0.3, 0.4) is 0 Å². The van der Waals surface area contributed by atoms with Gasteiger partial charge in [0.05, 0.1) is 28.5 Å². The van der Waals surface area contributed by atoms with Crippen LogP contribution in [0.4, 0.5) is 0 Å². The van der Waals surface area contributed by atoms with E-state index < -0.39 is 66.3 Å². The van der Waals surface area contributed by atoms with Gasteiger partial charge in [0.2, 0.25) is 0 Å². The third-order valence-electron chi connectivity index (χ3n) is 26.2. The Kier molecular flexibility index (Phi) is 13.4. The number of hydrogen-bond acceptors (Lipinski definition) is 11. The number of fused-ring (bicyclic) bond motifs is 9. The fraction of sp³-hybridized carbons (Fsp3) is 0.803. The minimum atomic E-state index is -2.06. The summed E-state index contributed by atoms with van der Waals surface area (Å²) >= 11 is 0. The molecule has 12 rings (SSSR count). The highest BCUT2D eigenvalue weighted by atomic mass is 28.4. The Morgan fingerprint density at radius 2 is 1.04 bits per heavy atom. The van der Waals surface area contributed by atoms with Crippen LogP contribution in [-0.4, -0.2) is 109 Å². The maximum Gasteiger partial charge on any atom is 0.192 e. The Bertz CT molecular complexity index is 2720. The fourth-order valence-corrected chi connectivity index (χ4v) is 21.4. The predicted molar refractivity (Wildman–Crippen MR) is 305 cm³/mol. The highest BCUT2D eigenvalue weighted by Gasteiger charge is 2.77. The molecule has 78 heavy (non-hydrogen) atoms. The van der Waals surface area contributed by atoms with Crippen molar-refractivity contribution in [2.24, 2.45) is 109 Å². The summed E-state index contributed by atoms with van der Waals surface area (Å²) in [4.78, 5) is 41.8. The minimum Gasteiger partial charge on any atom is -0.413 e. The van der Waals surface area contributed by atoms with Crippen molar-refractivity contribution in [3.63, 3.8) is 0 Å². The molecular formula is C66H100O11Si. The molecule has 0 heterocycles. The van der Waals surface area contributed by atoms with E-state index in [1.807, 2.05) is 26.0 Å². The zero-order valence-corrected chi connectivity index (χ0v) is 51.9. The topological polar surface area (TPSA) is 202 Å². The van der Waals surface area contributed by atoms with Crippen molar-refractivity contribution in [3.8, 4) is 0 Å². The number of allylic oxidation sites excluding steroid dienone is 3. The molecule has 0 aliphatic heterocycles. The fourth-order valence-electron chi connectivity index (χ4n) is 20.0. The van der Waals surface area contributed by atoms with Gasteiger partial charge in [0.15, 0.2) is 19.9 Å². The van der Waals surface area contributed by atoms with Crippen molar-refractivity contribution in [1.29, 1.82) is 0 Å². The number of hydrogen-bond donors (Lipinski definition) is 7. The van der Waals surface area contributed by atoms with Crippen LogP contribution in [0.2, 0.25) is 18.1 Å². The van der Waals surface area contributed by atoms with E-state index in [0.717, 1.165) is 24.8 Å². The standard InChI is InChI=1S/C27H46O3Si.C20H28O4.C19H26O4/c1-14-13-27-15(2)12-18-21(26(18,8)9)19(24(27)29)23(30-31(10,11)25(5,6)7)17(4)16(3)20(27)22(14)28;1-5-11-8-12-14-13(18(14,3)4)6-7-19(17(12)23)9-10(2)15(21)20(19,24)16(11)22;1-9-7-11-13-12(17(13,3)4)5-6-18(16(11)22)8-10(2)15(21)19(18,23)14(9)20/h13,15-23,28H,12H2,1-11H3;8-9,12-16,21-22,24H,5-7H2,1-4H3;7-8,11-15,20-21,23H,5-6H2,1-4H3/t15-,16-,17-,18-,19-,20-,21-,22+,23-,27-;12-,13+,14-,15-,16+,19+,20+;11-,12+,13-,14+,15-,18+,19-/m100/s1. The van der Waals surface area contributed by atoms with Gasteiger partial charge in [-0.2, -0.15) is 0 Å². The average Bonchev–Trinajstić information content (AvgIpc) is 4.35. The number of aliphatic hydroxyl groups is 7. The predicted octanol–water partition coefficient (Wildman–Crippen LogP) is 9.67. The number of Topliss-reactive ketones (excluding diaryl/α,β-unsaturated/α-hetero) is 3. The Hall–Kier alpha value is -2.39. The first-order valence-corrected chi connectivity index (χ1v) is 33.2. The van der Waals surface area contributed by atoms with Crippen molar-refractivity contribution in [3.05, 3.63) is 58.2 Å². The van der Waals surface area contributed by atoms with E-state index in [1.54, 1.807) is 32.9 Å². The van der Waals surface area contributed by atoms with Gasteiger partial charge in [-0.1, -0.05) is 120 Å². The lowest BCUT2D eigenvalue weighted by molar-refractivity contribution is -0.180. The van der Waals surface area contributed by atoms with Crippen LogP contribution >= 0.6 is 0 Å². The Balaban J connectivity index is 0.000000134. The number of aliphatic hydroxyl groups excluding tert-OH is 5. The van der Waals surface area contributed by atoms with E-state index in [4.69, 9.17) is 4.43 Å². The Morgan fingerprint density at radius 3 is 1.51 bits per heavy atom. The van der Waals surface area contributed by atoms with Crippen LogP contribution in [0, 0.1) is 109 Å². The van der Waals surface area contributed by atoms with Crippen LogP contribution in [0.5, 0.6) is 0 Å². The van der Waals surface area contributed by atoms with Crippen LogP contribution in [0.1, 0.15) is 156 Å². The van der Waals surface area contributed by atoms with E-state index in [2.05, 4.69) is 102 Å². The second-order valence-electron chi connectivity index (χ2n) is 31.6. The highest BCUT2D eigenvalue weighted by molar-refractivity contribution is 6.74. The first-order chi connectivity index (χ1) is 35.7. The summed E-state index contributed by atoms with van der Waals surface area (Å²) in [5, 5.41) is 77.4. The molecule has 12 aliphatic carbocycles. The molecule has 12 aliphatic rings. The first kappa shape index (κ1) is 58.8. The second kappa shape index (κ2) is 17.8. The van der Waals surface area contributed by atoms with Gasteiger partial charge in [0, 0.05) is 23.7 Å². The van der Waals surface area contributed by atoms with Crippen LogP contribution in [0.25, 0.3) is 0 Å². The molecule has 434 valence electrons. The number of carbonyl (C=O) groups is 3. The molecule has 24 atom stereocenters. The van der Waals surface area contributed by atoms with Gasteiger partial charge in [-0.15, -0.1) is 0 Å². The molecule has 0 radical (unpaired) electrons. The average molecular weight is 1100 g/mol. The largest absolute Gasteiger partial charge is 0.413 e. The molecule has 6 bridgehead atoms. The van der Waals surface area contributed by atoms with E-state index >= 15 is 0 Å². The molecule has 0 amide bonds. The maximum absolute atomic E-state index is 14.7. The van der Waals surface area contributed by atoms with E-state index in [-0.39, 0.29) is 92.2 Å². The number of ketones is 3. The molecule has 12 heteroatoms. The second-order valence-corrected chi connectivity index (χ2v) is 36.3. The van der Waals surface area contributed by atoms with Gasteiger partial charge in [-0.3, -0.25) is 14.4 Å². The lowest BCUT2D eigenvalue weighted by atomic mass is 9.60. The summed E-state index contributed by atoms with van der Waals surface area (Å²) in [7, 11) is -2.06. The minimum absolute atomic E-state index is 0.0125. The molecule has 0 aromatic rings. The van der Waals surface area contributed by atoms with E-state index in [0.29, 0.717) is 71.0 Å². The monoisotopic (exact) mass is 1100 g/mol. The molecule has 0 aromatic carbocycles. The molecule has 7 fully saturated rings. The number of carbonyl (C=O) groups excluding carboxylic acids is 3. The van der Waals surface area contributed by atoms with Gasteiger partial charge in [0.1, 0.15) is 41.4 Å². The van der Waals surface area contributed by atoms with Crippen molar-refractivity contribution in [2.75, 3.05) is 0 Å². The van der Waals surface area contributed by atoms with Crippen molar-refractivity contribution < 1.29 is 54.6 Å². The lowest BCUT2D eigenvalue weighted by Crippen LogP contribution is -2.62. The summed E-state index contributed by atoms with van der Waals surface area (Å²) in [6.07, 6.45) is 8.43. The van der Waals surface area contributed by atoms with Crippen molar-refractivity contribution in [2.45, 2.75) is 222 Å². The molecule has 11 nitrogen and oxygen atoms in total. The van der Waals surface area contributed by atoms with Crippen LogP contribution < -0.4 is 0 Å². The van der Waals surface area contributed by atoms with Gasteiger partial charge < -0.3 is 40.2 Å². The summed E-state index contributed by atoms with van der Waals surface area (Å²) in [5.74, 6) is 2.88. The molecule has 0 saturated heterocycles. The van der Waals surface area contributed by atoms with Gasteiger partial charge in [-0.25, -0.2) is 0 Å². The van der Waals surface area contributed by atoms with Crippen molar-refractivity contribution >= 4 is 25.7 Å². The Morgan fingerprint density at radius 1 is 0.590 bits per heavy atom. The zero-order valence-electron chi connectivity index (χ0n) is 50.9. The lowest BCUT2D eigenvalue weighted by Gasteiger charge is -2.45. The van der Waals surface area contributed by atoms with Gasteiger partial charge in [-0.05, 0) is 182 Å². The van der Waals surface area contributed by atoms with Crippen LogP contribution in [0.15, 0.2) is 58.2 Å². The summed E-state index contributed by atoms with van der Waals surface area (Å²) in [5.41, 5.74) is -2.64. The summed E-state index contributed by atoms with van der Waals surface area (Å²) in [6, 6.07) is 0.